The minimum absolute atomic E-state index is 0.0754. The molecule has 1 aliphatic rings. The molecule has 1 saturated heterocycles. The molecule has 32 heavy (non-hydrogen) atoms. The molecule has 0 radical (unpaired) electrons. The van der Waals surface area contributed by atoms with Gasteiger partial charge in [-0.1, -0.05) is 23.7 Å². The van der Waals surface area contributed by atoms with Crippen LogP contribution in [0.1, 0.15) is 12.2 Å². The zero-order valence-corrected chi connectivity index (χ0v) is 18.0. The predicted molar refractivity (Wildman–Crippen MR) is 121 cm³/mol. The first kappa shape index (κ1) is 20.1. The number of hydrogen-bond acceptors (Lipinski definition) is 5. The number of nitrogens with zero attached hydrogens (tertiary/aromatic N) is 5. The van der Waals surface area contributed by atoms with Gasteiger partial charge in [0, 0.05) is 34.9 Å². The van der Waals surface area contributed by atoms with Gasteiger partial charge in [0.1, 0.15) is 0 Å². The topological polar surface area (TPSA) is 92.5 Å². The third-order valence-corrected chi connectivity index (χ3v) is 5.75. The van der Waals surface area contributed by atoms with E-state index in [1.54, 1.807) is 33.7 Å². The van der Waals surface area contributed by atoms with Crippen molar-refractivity contribution in [1.29, 1.82) is 0 Å². The lowest BCUT2D eigenvalue weighted by molar-refractivity contribution is -0.122. The Morgan fingerprint density at radius 2 is 1.78 bits per heavy atom. The SMILES string of the molecule is Cc1nnc2ccc(-c3ccc(NC(=O)C4CC(=O)N(c5ccc(Cl)cc5)C4)cc3)nn12. The van der Waals surface area contributed by atoms with Gasteiger partial charge in [-0.25, -0.2) is 0 Å². The fourth-order valence-electron chi connectivity index (χ4n) is 3.77. The van der Waals surface area contributed by atoms with Gasteiger partial charge in [0.05, 0.1) is 11.6 Å². The molecule has 0 bridgehead atoms. The Balaban J connectivity index is 1.27. The summed E-state index contributed by atoms with van der Waals surface area (Å²) in [5.41, 5.74) is 3.78. The average Bonchev–Trinajstić information content (AvgIpc) is 3.37. The van der Waals surface area contributed by atoms with E-state index in [0.717, 1.165) is 16.9 Å². The van der Waals surface area contributed by atoms with Gasteiger partial charge in [0.25, 0.3) is 0 Å². The van der Waals surface area contributed by atoms with Crippen LogP contribution in [-0.4, -0.2) is 38.2 Å². The number of aromatic nitrogens is 4. The summed E-state index contributed by atoms with van der Waals surface area (Å²) in [5, 5.41) is 16.1. The van der Waals surface area contributed by atoms with E-state index in [-0.39, 0.29) is 18.2 Å². The normalized spacial score (nSPS) is 16.0. The monoisotopic (exact) mass is 446 g/mol. The minimum atomic E-state index is -0.418. The lowest BCUT2D eigenvalue weighted by Gasteiger charge is -2.16. The van der Waals surface area contributed by atoms with Crippen LogP contribution < -0.4 is 10.2 Å². The zero-order valence-electron chi connectivity index (χ0n) is 17.2. The van der Waals surface area contributed by atoms with Crippen LogP contribution in [0.25, 0.3) is 16.9 Å². The number of carbonyl (C=O) groups is 2. The van der Waals surface area contributed by atoms with Crippen molar-refractivity contribution < 1.29 is 9.59 Å². The highest BCUT2D eigenvalue weighted by Gasteiger charge is 2.35. The third-order valence-electron chi connectivity index (χ3n) is 5.50. The summed E-state index contributed by atoms with van der Waals surface area (Å²) >= 11 is 5.92. The molecule has 2 aromatic carbocycles. The molecule has 0 saturated carbocycles. The number of nitrogens with one attached hydrogen (secondary N) is 1. The number of benzene rings is 2. The number of amides is 2. The van der Waals surface area contributed by atoms with Gasteiger partial charge in [-0.05, 0) is 55.5 Å². The molecule has 2 aromatic heterocycles. The first-order chi connectivity index (χ1) is 15.5. The van der Waals surface area contributed by atoms with E-state index in [9.17, 15) is 9.59 Å². The van der Waals surface area contributed by atoms with Crippen molar-refractivity contribution in [1.82, 2.24) is 19.8 Å². The van der Waals surface area contributed by atoms with Crippen LogP contribution >= 0.6 is 11.6 Å². The molecule has 1 atom stereocenters. The molecule has 9 heteroatoms. The van der Waals surface area contributed by atoms with Gasteiger partial charge >= 0.3 is 0 Å². The van der Waals surface area contributed by atoms with E-state index >= 15 is 0 Å². The highest BCUT2D eigenvalue weighted by molar-refractivity contribution is 6.30. The van der Waals surface area contributed by atoms with E-state index in [2.05, 4.69) is 20.6 Å². The van der Waals surface area contributed by atoms with Gasteiger partial charge < -0.3 is 10.2 Å². The van der Waals surface area contributed by atoms with Crippen LogP contribution in [0, 0.1) is 12.8 Å². The number of halogens is 1. The molecule has 0 aliphatic carbocycles. The number of anilines is 2. The summed E-state index contributed by atoms with van der Waals surface area (Å²) in [7, 11) is 0. The van der Waals surface area contributed by atoms with E-state index in [1.165, 1.54) is 0 Å². The molecule has 5 rings (SSSR count). The highest BCUT2D eigenvalue weighted by atomic mass is 35.5. The minimum Gasteiger partial charge on any atom is -0.326 e. The molecule has 160 valence electrons. The largest absolute Gasteiger partial charge is 0.326 e. The Morgan fingerprint density at radius 3 is 2.53 bits per heavy atom. The van der Waals surface area contributed by atoms with E-state index in [0.29, 0.717) is 28.7 Å². The second-order valence-electron chi connectivity index (χ2n) is 7.68. The van der Waals surface area contributed by atoms with Crippen LogP contribution in [0.5, 0.6) is 0 Å². The molecule has 4 aromatic rings. The summed E-state index contributed by atoms with van der Waals surface area (Å²) < 4.78 is 1.69. The highest BCUT2D eigenvalue weighted by Crippen LogP contribution is 2.27. The fraction of sp³-hybridized carbons (Fsp3) is 0.174. The zero-order chi connectivity index (χ0) is 22.2. The quantitative estimate of drug-likeness (QED) is 0.515. The number of fused-ring (bicyclic) bond motifs is 1. The Kier molecular flexibility index (Phi) is 5.07. The summed E-state index contributed by atoms with van der Waals surface area (Å²) in [6.45, 7) is 2.18. The van der Waals surface area contributed by atoms with Crippen molar-refractivity contribution in [2.45, 2.75) is 13.3 Å². The Bertz CT molecular complexity index is 1320. The van der Waals surface area contributed by atoms with Crippen LogP contribution in [0.2, 0.25) is 5.02 Å². The number of aryl methyl sites for hydroxylation is 1. The third kappa shape index (κ3) is 3.80. The smallest absolute Gasteiger partial charge is 0.229 e. The number of hydrogen-bond donors (Lipinski definition) is 1. The predicted octanol–water partition coefficient (Wildman–Crippen LogP) is 3.74. The van der Waals surface area contributed by atoms with Crippen LogP contribution in [0.4, 0.5) is 11.4 Å². The molecular formula is C23H19ClN6O2. The van der Waals surface area contributed by atoms with E-state index in [1.807, 2.05) is 43.3 Å². The van der Waals surface area contributed by atoms with Crippen LogP contribution in [0.15, 0.2) is 60.7 Å². The number of rotatable bonds is 4. The first-order valence-electron chi connectivity index (χ1n) is 10.1. The summed E-state index contributed by atoms with van der Waals surface area (Å²) in [6, 6.07) is 18.2. The Labute approximate surface area is 188 Å². The first-order valence-corrected chi connectivity index (χ1v) is 10.5. The lowest BCUT2D eigenvalue weighted by Crippen LogP contribution is -2.28. The van der Waals surface area contributed by atoms with Gasteiger partial charge in [0.2, 0.25) is 11.8 Å². The molecule has 1 fully saturated rings. The maximum atomic E-state index is 12.8. The average molecular weight is 447 g/mol. The van der Waals surface area contributed by atoms with Crippen molar-refractivity contribution in [2.75, 3.05) is 16.8 Å². The van der Waals surface area contributed by atoms with Gasteiger partial charge in [-0.2, -0.15) is 9.61 Å². The maximum absolute atomic E-state index is 12.8. The van der Waals surface area contributed by atoms with Crippen molar-refractivity contribution in [3.05, 3.63) is 71.5 Å². The molecule has 1 N–H and O–H groups in total. The fourth-order valence-corrected chi connectivity index (χ4v) is 3.90. The standard InChI is InChI=1S/C23H19ClN6O2/c1-14-26-27-21-11-10-20(28-30(14)21)15-2-6-18(7-3-15)25-23(32)16-12-22(31)29(13-16)19-8-4-17(24)5-9-19/h2-11,16H,12-13H2,1H3,(H,25,32). The van der Waals surface area contributed by atoms with Crippen molar-refractivity contribution in [2.24, 2.45) is 5.92 Å². The molecule has 8 nitrogen and oxygen atoms in total. The summed E-state index contributed by atoms with van der Waals surface area (Å²) in [4.78, 5) is 26.8. The van der Waals surface area contributed by atoms with Crippen molar-refractivity contribution >= 4 is 40.4 Å². The molecule has 2 amide bonds. The van der Waals surface area contributed by atoms with Crippen LogP contribution in [-0.2, 0) is 9.59 Å². The van der Waals surface area contributed by atoms with Gasteiger partial charge in [-0.3, -0.25) is 9.59 Å². The maximum Gasteiger partial charge on any atom is 0.229 e. The molecule has 3 heterocycles. The van der Waals surface area contributed by atoms with Gasteiger partial charge in [0.15, 0.2) is 11.5 Å². The molecule has 1 aliphatic heterocycles. The summed E-state index contributed by atoms with van der Waals surface area (Å²) in [5.74, 6) is 0.0407. The Morgan fingerprint density at radius 1 is 1.03 bits per heavy atom. The number of carbonyl (C=O) groups excluding carboxylic acids is 2. The van der Waals surface area contributed by atoms with Crippen LogP contribution in [0.3, 0.4) is 0 Å². The van der Waals surface area contributed by atoms with Crippen molar-refractivity contribution in [3.63, 3.8) is 0 Å². The second-order valence-corrected chi connectivity index (χ2v) is 8.12. The van der Waals surface area contributed by atoms with Crippen molar-refractivity contribution in [3.8, 4) is 11.3 Å². The van der Waals surface area contributed by atoms with Gasteiger partial charge in [-0.15, -0.1) is 10.2 Å². The van der Waals surface area contributed by atoms with E-state index in [4.69, 9.17) is 11.6 Å². The molecule has 0 spiro atoms. The Hall–Kier alpha value is -3.78. The molecular weight excluding hydrogens is 428 g/mol. The summed E-state index contributed by atoms with van der Waals surface area (Å²) in [6.07, 6.45) is 0.175. The second kappa shape index (κ2) is 8.05. The molecule has 1 unspecified atom stereocenters. The van der Waals surface area contributed by atoms with E-state index < -0.39 is 5.92 Å². The lowest BCUT2D eigenvalue weighted by atomic mass is 10.1.